The summed E-state index contributed by atoms with van der Waals surface area (Å²) in [6, 6.07) is 12.6. The Morgan fingerprint density at radius 3 is 2.62 bits per heavy atom. The first kappa shape index (κ1) is 17.7. The number of benzene rings is 1. The number of pyridine rings is 2. The second kappa shape index (κ2) is 8.34. The molecule has 0 unspecified atom stereocenters. The first-order valence-electron chi connectivity index (χ1n) is 8.49. The molecule has 0 atom stereocenters. The lowest BCUT2D eigenvalue weighted by Gasteiger charge is -2.08. The topological polar surface area (TPSA) is 54.9 Å². The monoisotopic (exact) mass is 349 g/mol. The maximum atomic E-state index is 13.3. The minimum Gasteiger partial charge on any atom is -0.352 e. The minimum absolute atomic E-state index is 0.0331. The van der Waals surface area contributed by atoms with Crippen LogP contribution >= 0.6 is 0 Å². The van der Waals surface area contributed by atoms with Gasteiger partial charge in [-0.3, -0.25) is 14.8 Å². The zero-order valence-electron chi connectivity index (χ0n) is 14.6. The predicted octanol–water partition coefficient (Wildman–Crippen LogP) is 3.84. The third kappa shape index (κ3) is 4.72. The SMILES string of the molecule is Cc1cc(CCC(=O)NCc2ccnc(-c3ccncc3)c2)ccc1F. The van der Waals surface area contributed by atoms with Crippen LogP contribution in [0.25, 0.3) is 11.3 Å². The van der Waals surface area contributed by atoms with Crippen LogP contribution in [0.15, 0.2) is 61.1 Å². The Kier molecular flexibility index (Phi) is 5.69. The van der Waals surface area contributed by atoms with E-state index < -0.39 is 0 Å². The molecule has 4 nitrogen and oxygen atoms in total. The molecule has 0 bridgehead atoms. The number of aromatic nitrogens is 2. The Hall–Kier alpha value is -3.08. The number of amides is 1. The fraction of sp³-hybridized carbons (Fsp3) is 0.190. The molecule has 0 aliphatic rings. The lowest BCUT2D eigenvalue weighted by atomic mass is 10.1. The number of rotatable bonds is 6. The van der Waals surface area contributed by atoms with Crippen molar-refractivity contribution < 1.29 is 9.18 Å². The van der Waals surface area contributed by atoms with E-state index in [9.17, 15) is 9.18 Å². The maximum Gasteiger partial charge on any atom is 0.220 e. The van der Waals surface area contributed by atoms with E-state index in [-0.39, 0.29) is 11.7 Å². The number of aryl methyl sites for hydroxylation is 2. The summed E-state index contributed by atoms with van der Waals surface area (Å²) < 4.78 is 13.3. The van der Waals surface area contributed by atoms with Gasteiger partial charge in [0.15, 0.2) is 0 Å². The zero-order valence-corrected chi connectivity index (χ0v) is 14.6. The number of nitrogens with zero attached hydrogens (tertiary/aromatic N) is 2. The van der Waals surface area contributed by atoms with Crippen molar-refractivity contribution in [2.75, 3.05) is 0 Å². The summed E-state index contributed by atoms with van der Waals surface area (Å²) in [5.41, 5.74) is 4.38. The van der Waals surface area contributed by atoms with Crippen LogP contribution in [-0.2, 0) is 17.8 Å². The van der Waals surface area contributed by atoms with Crippen molar-refractivity contribution in [2.24, 2.45) is 0 Å². The van der Waals surface area contributed by atoms with Crippen molar-refractivity contribution in [1.29, 1.82) is 0 Å². The number of halogens is 1. The normalized spacial score (nSPS) is 10.5. The van der Waals surface area contributed by atoms with E-state index in [0.717, 1.165) is 22.4 Å². The van der Waals surface area contributed by atoms with Crippen LogP contribution in [0.1, 0.15) is 23.1 Å². The van der Waals surface area contributed by atoms with Gasteiger partial charge in [-0.25, -0.2) is 4.39 Å². The summed E-state index contributed by atoms with van der Waals surface area (Å²) >= 11 is 0. The van der Waals surface area contributed by atoms with E-state index >= 15 is 0 Å². The van der Waals surface area contributed by atoms with Gasteiger partial charge in [0, 0.05) is 37.1 Å². The van der Waals surface area contributed by atoms with E-state index in [4.69, 9.17) is 0 Å². The Morgan fingerprint density at radius 1 is 1.04 bits per heavy atom. The third-order valence-electron chi connectivity index (χ3n) is 4.15. The second-order valence-corrected chi connectivity index (χ2v) is 6.15. The standard InChI is InChI=1S/C21H20FN3O/c1-15-12-16(2-4-19(15)22)3-5-21(26)25-14-17-6-11-24-20(13-17)18-7-9-23-10-8-18/h2,4,6-13H,3,5,14H2,1H3,(H,25,26). The molecular formula is C21H20FN3O. The number of carbonyl (C=O) groups excluding carboxylic acids is 1. The molecule has 0 fully saturated rings. The molecule has 0 saturated heterocycles. The molecule has 2 heterocycles. The first-order chi connectivity index (χ1) is 12.6. The number of carbonyl (C=O) groups is 1. The molecule has 5 heteroatoms. The Bertz CT molecular complexity index is 897. The van der Waals surface area contributed by atoms with E-state index in [1.807, 2.05) is 24.3 Å². The van der Waals surface area contributed by atoms with Crippen molar-refractivity contribution in [2.45, 2.75) is 26.3 Å². The van der Waals surface area contributed by atoms with E-state index in [1.165, 1.54) is 6.07 Å². The number of hydrogen-bond donors (Lipinski definition) is 1. The molecule has 3 aromatic rings. The third-order valence-corrected chi connectivity index (χ3v) is 4.15. The highest BCUT2D eigenvalue weighted by Crippen LogP contribution is 2.16. The largest absolute Gasteiger partial charge is 0.352 e. The highest BCUT2D eigenvalue weighted by molar-refractivity contribution is 5.76. The van der Waals surface area contributed by atoms with Crippen LogP contribution in [0.2, 0.25) is 0 Å². The summed E-state index contributed by atoms with van der Waals surface area (Å²) in [5.74, 6) is -0.254. The van der Waals surface area contributed by atoms with Gasteiger partial charge in [0.1, 0.15) is 5.82 Å². The zero-order chi connectivity index (χ0) is 18.4. The van der Waals surface area contributed by atoms with Gasteiger partial charge in [0.25, 0.3) is 0 Å². The van der Waals surface area contributed by atoms with Gasteiger partial charge in [-0.1, -0.05) is 12.1 Å². The van der Waals surface area contributed by atoms with Crippen molar-refractivity contribution >= 4 is 5.91 Å². The van der Waals surface area contributed by atoms with E-state index in [1.54, 1.807) is 37.6 Å². The summed E-state index contributed by atoms with van der Waals surface area (Å²) in [4.78, 5) is 20.4. The molecule has 0 saturated carbocycles. The van der Waals surface area contributed by atoms with E-state index in [2.05, 4.69) is 15.3 Å². The fourth-order valence-corrected chi connectivity index (χ4v) is 2.67. The van der Waals surface area contributed by atoms with Crippen molar-refractivity contribution in [3.63, 3.8) is 0 Å². The molecule has 1 N–H and O–H groups in total. The van der Waals surface area contributed by atoms with Crippen molar-refractivity contribution in [1.82, 2.24) is 15.3 Å². The molecule has 1 aromatic carbocycles. The molecule has 0 aliphatic carbocycles. The summed E-state index contributed by atoms with van der Waals surface area (Å²) in [6.07, 6.45) is 6.14. The quantitative estimate of drug-likeness (QED) is 0.736. The van der Waals surface area contributed by atoms with Gasteiger partial charge < -0.3 is 5.32 Å². The Morgan fingerprint density at radius 2 is 1.85 bits per heavy atom. The summed E-state index contributed by atoms with van der Waals surface area (Å²) in [7, 11) is 0. The van der Waals surface area contributed by atoms with Gasteiger partial charge in [0.05, 0.1) is 5.69 Å². The van der Waals surface area contributed by atoms with Crippen LogP contribution in [-0.4, -0.2) is 15.9 Å². The highest BCUT2D eigenvalue weighted by atomic mass is 19.1. The Balaban J connectivity index is 1.54. The maximum absolute atomic E-state index is 13.3. The molecular weight excluding hydrogens is 329 g/mol. The molecule has 0 radical (unpaired) electrons. The van der Waals surface area contributed by atoms with Gasteiger partial charge in [-0.15, -0.1) is 0 Å². The first-order valence-corrected chi connectivity index (χ1v) is 8.49. The van der Waals surface area contributed by atoms with Crippen LogP contribution in [0.5, 0.6) is 0 Å². The van der Waals surface area contributed by atoms with Crippen LogP contribution in [0.3, 0.4) is 0 Å². The summed E-state index contributed by atoms with van der Waals surface area (Å²) in [5, 5.41) is 2.92. The number of nitrogens with one attached hydrogen (secondary N) is 1. The molecule has 3 rings (SSSR count). The lowest BCUT2D eigenvalue weighted by molar-refractivity contribution is -0.121. The smallest absolute Gasteiger partial charge is 0.220 e. The molecule has 0 aliphatic heterocycles. The highest BCUT2D eigenvalue weighted by Gasteiger charge is 2.06. The molecule has 2 aromatic heterocycles. The van der Waals surface area contributed by atoms with Gasteiger partial charge in [-0.2, -0.15) is 0 Å². The second-order valence-electron chi connectivity index (χ2n) is 6.15. The number of hydrogen-bond acceptors (Lipinski definition) is 3. The Labute approximate surface area is 152 Å². The van der Waals surface area contributed by atoms with Gasteiger partial charge in [-0.05, 0) is 60.4 Å². The van der Waals surface area contributed by atoms with Gasteiger partial charge in [0.2, 0.25) is 5.91 Å². The fourth-order valence-electron chi connectivity index (χ4n) is 2.67. The van der Waals surface area contributed by atoms with Crippen LogP contribution < -0.4 is 5.32 Å². The average molecular weight is 349 g/mol. The van der Waals surface area contributed by atoms with Crippen molar-refractivity contribution in [3.05, 3.63) is 83.6 Å². The van der Waals surface area contributed by atoms with Crippen molar-refractivity contribution in [3.8, 4) is 11.3 Å². The molecule has 132 valence electrons. The summed E-state index contributed by atoms with van der Waals surface area (Å²) in [6.45, 7) is 2.17. The minimum atomic E-state index is -0.221. The molecule has 1 amide bonds. The average Bonchev–Trinajstić information content (AvgIpc) is 2.68. The van der Waals surface area contributed by atoms with Crippen LogP contribution in [0, 0.1) is 12.7 Å². The molecule has 0 spiro atoms. The predicted molar refractivity (Wildman–Crippen MR) is 98.8 cm³/mol. The van der Waals surface area contributed by atoms with E-state index in [0.29, 0.717) is 24.9 Å². The van der Waals surface area contributed by atoms with Crippen LogP contribution in [0.4, 0.5) is 4.39 Å². The lowest BCUT2D eigenvalue weighted by Crippen LogP contribution is -2.23. The molecule has 26 heavy (non-hydrogen) atoms. The van der Waals surface area contributed by atoms with Gasteiger partial charge >= 0.3 is 0 Å².